The zero-order valence-electron chi connectivity index (χ0n) is 9.01. The van der Waals surface area contributed by atoms with Gasteiger partial charge in [0.25, 0.3) is 0 Å². The number of ketones is 1. The minimum atomic E-state index is -0.694. The van der Waals surface area contributed by atoms with E-state index >= 15 is 0 Å². The average Bonchev–Trinajstić information content (AvgIpc) is 2.74. The highest BCUT2D eigenvalue weighted by atomic mass is 19.1. The lowest BCUT2D eigenvalue weighted by Crippen LogP contribution is -2.07. The van der Waals surface area contributed by atoms with Crippen LogP contribution in [0.15, 0.2) is 30.7 Å². The van der Waals surface area contributed by atoms with Crippen molar-refractivity contribution in [1.29, 1.82) is 5.26 Å². The fourth-order valence-corrected chi connectivity index (χ4v) is 1.47. The van der Waals surface area contributed by atoms with Crippen molar-refractivity contribution < 1.29 is 9.18 Å². The lowest BCUT2D eigenvalue weighted by molar-refractivity contribution is 0.103. The minimum Gasteiger partial charge on any atom is -0.331 e. The number of nitriles is 1. The highest BCUT2D eigenvalue weighted by Gasteiger charge is 2.14. The van der Waals surface area contributed by atoms with Crippen LogP contribution in [-0.2, 0) is 7.05 Å². The molecule has 0 aliphatic heterocycles. The van der Waals surface area contributed by atoms with Gasteiger partial charge in [-0.05, 0) is 18.2 Å². The molecule has 2 rings (SSSR count). The molecule has 0 spiro atoms. The second kappa shape index (κ2) is 4.18. The largest absolute Gasteiger partial charge is 0.331 e. The summed E-state index contributed by atoms with van der Waals surface area (Å²) in [5.74, 6) is -1.02. The number of imidazole rings is 1. The quantitative estimate of drug-likeness (QED) is 0.736. The Morgan fingerprint density at radius 1 is 1.53 bits per heavy atom. The van der Waals surface area contributed by atoms with E-state index in [0.29, 0.717) is 5.69 Å². The van der Waals surface area contributed by atoms with Gasteiger partial charge in [0.2, 0.25) is 5.78 Å². The van der Waals surface area contributed by atoms with Crippen LogP contribution in [0.1, 0.15) is 21.6 Å². The van der Waals surface area contributed by atoms with Gasteiger partial charge >= 0.3 is 0 Å². The Bertz CT molecular complexity index is 625. The van der Waals surface area contributed by atoms with Gasteiger partial charge in [-0.1, -0.05) is 0 Å². The predicted octanol–water partition coefficient (Wildman–Crippen LogP) is 1.66. The Hall–Kier alpha value is -2.48. The summed E-state index contributed by atoms with van der Waals surface area (Å²) in [5.41, 5.74) is 0.491. The van der Waals surface area contributed by atoms with E-state index in [2.05, 4.69) is 4.98 Å². The second-order valence-corrected chi connectivity index (χ2v) is 3.53. The molecule has 1 aromatic heterocycles. The molecule has 1 heterocycles. The molecule has 17 heavy (non-hydrogen) atoms. The van der Waals surface area contributed by atoms with Crippen molar-refractivity contribution >= 4 is 5.78 Å². The molecular weight excluding hydrogens is 221 g/mol. The highest BCUT2D eigenvalue weighted by molar-refractivity contribution is 6.07. The number of carbonyl (C=O) groups is 1. The minimum absolute atomic E-state index is 0.0773. The molecule has 0 aliphatic carbocycles. The van der Waals surface area contributed by atoms with Gasteiger partial charge in [0.1, 0.15) is 17.6 Å². The standard InChI is InChI=1S/C12H8FN3O/c1-16-7-15-6-11(16)12(17)8-2-3-9(5-14)10(13)4-8/h2-4,6-7H,1H3. The molecule has 0 atom stereocenters. The van der Waals surface area contributed by atoms with Crippen molar-refractivity contribution in [3.8, 4) is 6.07 Å². The molecule has 1 aromatic carbocycles. The third kappa shape index (κ3) is 1.93. The van der Waals surface area contributed by atoms with Gasteiger partial charge in [-0.3, -0.25) is 4.79 Å². The summed E-state index contributed by atoms with van der Waals surface area (Å²) in [4.78, 5) is 15.8. The Balaban J connectivity index is 2.43. The molecule has 84 valence electrons. The first-order valence-corrected chi connectivity index (χ1v) is 4.84. The van der Waals surface area contributed by atoms with E-state index in [0.717, 1.165) is 6.07 Å². The first-order valence-electron chi connectivity index (χ1n) is 4.84. The van der Waals surface area contributed by atoms with Crippen LogP contribution < -0.4 is 0 Å². The summed E-state index contributed by atoms with van der Waals surface area (Å²) in [6, 6.07) is 5.49. The number of benzene rings is 1. The van der Waals surface area contributed by atoms with Gasteiger partial charge in [-0.15, -0.1) is 0 Å². The first-order chi connectivity index (χ1) is 8.13. The summed E-state index contributed by atoms with van der Waals surface area (Å²) >= 11 is 0. The molecule has 0 fully saturated rings. The maximum Gasteiger partial charge on any atom is 0.211 e. The van der Waals surface area contributed by atoms with E-state index in [1.165, 1.54) is 24.7 Å². The lowest BCUT2D eigenvalue weighted by atomic mass is 10.1. The van der Waals surface area contributed by atoms with E-state index in [1.54, 1.807) is 17.7 Å². The maximum atomic E-state index is 13.4. The van der Waals surface area contributed by atoms with Crippen molar-refractivity contribution in [2.45, 2.75) is 0 Å². The molecule has 4 nitrogen and oxygen atoms in total. The number of aryl methyl sites for hydroxylation is 1. The molecule has 0 radical (unpaired) electrons. The topological polar surface area (TPSA) is 58.7 Å². The number of rotatable bonds is 2. The number of nitrogens with zero attached hydrogens (tertiary/aromatic N) is 3. The van der Waals surface area contributed by atoms with Gasteiger partial charge in [0.15, 0.2) is 0 Å². The van der Waals surface area contributed by atoms with Crippen LogP contribution in [0, 0.1) is 17.1 Å². The van der Waals surface area contributed by atoms with Gasteiger partial charge in [-0.25, -0.2) is 9.37 Å². The van der Waals surface area contributed by atoms with Crippen LogP contribution >= 0.6 is 0 Å². The van der Waals surface area contributed by atoms with Crippen LogP contribution in [0.4, 0.5) is 4.39 Å². The smallest absolute Gasteiger partial charge is 0.211 e. The van der Waals surface area contributed by atoms with Crippen LogP contribution in [0.25, 0.3) is 0 Å². The molecule has 0 saturated heterocycles. The van der Waals surface area contributed by atoms with Crippen molar-refractivity contribution in [2.24, 2.45) is 7.05 Å². The van der Waals surface area contributed by atoms with Crippen molar-refractivity contribution in [1.82, 2.24) is 9.55 Å². The van der Waals surface area contributed by atoms with Crippen LogP contribution in [0.2, 0.25) is 0 Å². The Morgan fingerprint density at radius 3 is 2.82 bits per heavy atom. The van der Waals surface area contributed by atoms with E-state index in [-0.39, 0.29) is 16.9 Å². The zero-order chi connectivity index (χ0) is 12.4. The summed E-state index contributed by atoms with van der Waals surface area (Å²) in [6.07, 6.45) is 2.91. The van der Waals surface area contributed by atoms with E-state index < -0.39 is 5.82 Å². The average molecular weight is 229 g/mol. The van der Waals surface area contributed by atoms with Crippen LogP contribution in [0.3, 0.4) is 0 Å². The SMILES string of the molecule is Cn1cncc1C(=O)c1ccc(C#N)c(F)c1. The number of carbonyl (C=O) groups excluding carboxylic acids is 1. The Kier molecular flexibility index (Phi) is 2.71. The van der Waals surface area contributed by atoms with Gasteiger partial charge in [0.05, 0.1) is 18.1 Å². The van der Waals surface area contributed by atoms with E-state index in [4.69, 9.17) is 5.26 Å². The van der Waals surface area contributed by atoms with Crippen LogP contribution in [-0.4, -0.2) is 15.3 Å². The predicted molar refractivity (Wildman–Crippen MR) is 57.8 cm³/mol. The van der Waals surface area contributed by atoms with Crippen molar-refractivity contribution in [2.75, 3.05) is 0 Å². The summed E-state index contributed by atoms with van der Waals surface area (Å²) in [5, 5.41) is 8.59. The van der Waals surface area contributed by atoms with Crippen molar-refractivity contribution in [3.05, 3.63) is 53.4 Å². The molecule has 5 heteroatoms. The monoisotopic (exact) mass is 229 g/mol. The van der Waals surface area contributed by atoms with Gasteiger partial charge < -0.3 is 4.57 Å². The number of halogens is 1. The van der Waals surface area contributed by atoms with Gasteiger partial charge in [-0.2, -0.15) is 5.26 Å². The van der Waals surface area contributed by atoms with Crippen LogP contribution in [0.5, 0.6) is 0 Å². The molecular formula is C12H8FN3O. The Morgan fingerprint density at radius 2 is 2.29 bits per heavy atom. The Labute approximate surface area is 96.9 Å². The summed E-state index contributed by atoms with van der Waals surface area (Å²) < 4.78 is 14.9. The first kappa shape index (κ1) is 11.0. The summed E-state index contributed by atoms with van der Waals surface area (Å²) in [6.45, 7) is 0. The van der Waals surface area contributed by atoms with E-state index in [9.17, 15) is 9.18 Å². The molecule has 0 unspecified atom stereocenters. The van der Waals surface area contributed by atoms with E-state index in [1.807, 2.05) is 0 Å². The maximum absolute atomic E-state index is 13.4. The highest BCUT2D eigenvalue weighted by Crippen LogP contribution is 2.13. The second-order valence-electron chi connectivity index (χ2n) is 3.53. The van der Waals surface area contributed by atoms with Gasteiger partial charge in [0, 0.05) is 12.6 Å². The lowest BCUT2D eigenvalue weighted by Gasteiger charge is -2.02. The fraction of sp³-hybridized carbons (Fsp3) is 0.0833. The third-order valence-electron chi connectivity index (χ3n) is 2.40. The number of hydrogen-bond acceptors (Lipinski definition) is 3. The molecule has 0 N–H and O–H groups in total. The zero-order valence-corrected chi connectivity index (χ0v) is 9.01. The molecule has 0 bridgehead atoms. The van der Waals surface area contributed by atoms with Crippen molar-refractivity contribution in [3.63, 3.8) is 0 Å². The summed E-state index contributed by atoms with van der Waals surface area (Å²) in [7, 11) is 1.68. The normalized spacial score (nSPS) is 9.94. The molecule has 0 saturated carbocycles. The number of hydrogen-bond donors (Lipinski definition) is 0. The fourth-order valence-electron chi connectivity index (χ4n) is 1.47. The molecule has 0 aliphatic rings. The number of aromatic nitrogens is 2. The molecule has 0 amide bonds. The molecule has 2 aromatic rings. The third-order valence-corrected chi connectivity index (χ3v) is 2.40.